The van der Waals surface area contributed by atoms with Gasteiger partial charge in [-0.25, -0.2) is 9.78 Å². The highest BCUT2D eigenvalue weighted by Crippen LogP contribution is 2.20. The summed E-state index contributed by atoms with van der Waals surface area (Å²) in [6, 6.07) is -0.300. The lowest BCUT2D eigenvalue weighted by molar-refractivity contribution is -0.139. The van der Waals surface area contributed by atoms with Gasteiger partial charge in [0, 0.05) is 31.4 Å². The standard InChI is InChI=1S/C12H18N4O3/c1-2-9(11-13-3-4-14-11)15-12(19)16-6-8(7-16)5-10(17)18/h3-4,8-9H,2,5-7H2,1H3,(H,13,14)(H,15,19)(H,17,18). The van der Waals surface area contributed by atoms with Gasteiger partial charge in [0.1, 0.15) is 5.82 Å². The Balaban J connectivity index is 1.80. The number of aliphatic carboxylic acids is 1. The van der Waals surface area contributed by atoms with E-state index in [1.807, 2.05) is 6.92 Å². The molecule has 2 heterocycles. The van der Waals surface area contributed by atoms with E-state index < -0.39 is 5.97 Å². The van der Waals surface area contributed by atoms with Crippen LogP contribution in [0, 0.1) is 5.92 Å². The van der Waals surface area contributed by atoms with Crippen LogP contribution < -0.4 is 5.32 Å². The lowest BCUT2D eigenvalue weighted by Gasteiger charge is -2.39. The summed E-state index contributed by atoms with van der Waals surface area (Å²) in [5.41, 5.74) is 0. The maximum atomic E-state index is 11.9. The van der Waals surface area contributed by atoms with Gasteiger partial charge in [-0.15, -0.1) is 0 Å². The smallest absolute Gasteiger partial charge is 0.318 e. The molecule has 1 aliphatic rings. The summed E-state index contributed by atoms with van der Waals surface area (Å²) in [5.74, 6) is -0.00234. The largest absolute Gasteiger partial charge is 0.481 e. The third-order valence-electron chi connectivity index (χ3n) is 3.26. The van der Waals surface area contributed by atoms with Gasteiger partial charge < -0.3 is 20.3 Å². The topological polar surface area (TPSA) is 98.3 Å². The van der Waals surface area contributed by atoms with Crippen molar-refractivity contribution in [1.29, 1.82) is 0 Å². The van der Waals surface area contributed by atoms with E-state index in [0.29, 0.717) is 13.1 Å². The molecule has 7 nitrogen and oxygen atoms in total. The molecule has 2 rings (SSSR count). The summed E-state index contributed by atoms with van der Waals surface area (Å²) < 4.78 is 0. The normalized spacial score (nSPS) is 16.8. The molecule has 1 fully saturated rings. The lowest BCUT2D eigenvalue weighted by Crippen LogP contribution is -2.54. The maximum Gasteiger partial charge on any atom is 0.318 e. The molecule has 1 aliphatic heterocycles. The molecule has 0 saturated carbocycles. The molecule has 0 radical (unpaired) electrons. The number of imidazole rings is 1. The fourth-order valence-electron chi connectivity index (χ4n) is 2.18. The quantitative estimate of drug-likeness (QED) is 0.739. The number of urea groups is 1. The molecule has 1 saturated heterocycles. The summed E-state index contributed by atoms with van der Waals surface area (Å²) in [4.78, 5) is 31.2. The molecule has 1 unspecified atom stereocenters. The van der Waals surface area contributed by atoms with Crippen LogP contribution in [0.1, 0.15) is 31.6 Å². The Morgan fingerprint density at radius 2 is 2.37 bits per heavy atom. The Kier molecular flexibility index (Phi) is 4.03. The fraction of sp³-hybridized carbons (Fsp3) is 0.583. The summed E-state index contributed by atoms with van der Waals surface area (Å²) >= 11 is 0. The van der Waals surface area contributed by atoms with Crippen LogP contribution in [0.5, 0.6) is 0 Å². The number of nitrogens with zero attached hydrogens (tertiary/aromatic N) is 2. The Labute approximate surface area is 111 Å². The molecule has 1 aromatic rings. The van der Waals surface area contributed by atoms with Gasteiger partial charge in [-0.2, -0.15) is 0 Å². The van der Waals surface area contributed by atoms with E-state index >= 15 is 0 Å². The molecule has 7 heteroatoms. The number of aromatic nitrogens is 2. The fourth-order valence-corrected chi connectivity index (χ4v) is 2.18. The average molecular weight is 266 g/mol. The van der Waals surface area contributed by atoms with Gasteiger partial charge in [0.2, 0.25) is 0 Å². The first-order valence-corrected chi connectivity index (χ1v) is 6.36. The second-order valence-corrected chi connectivity index (χ2v) is 4.75. The predicted octanol–water partition coefficient (Wildman–Crippen LogP) is 0.977. The van der Waals surface area contributed by atoms with Crippen molar-refractivity contribution < 1.29 is 14.7 Å². The number of aromatic amines is 1. The van der Waals surface area contributed by atoms with Crippen molar-refractivity contribution in [1.82, 2.24) is 20.2 Å². The van der Waals surface area contributed by atoms with E-state index in [1.165, 1.54) is 0 Å². The monoisotopic (exact) mass is 266 g/mol. The van der Waals surface area contributed by atoms with Crippen LogP contribution in [0.4, 0.5) is 4.79 Å². The first kappa shape index (κ1) is 13.4. The van der Waals surface area contributed by atoms with Gasteiger partial charge in [-0.05, 0) is 6.42 Å². The Bertz CT molecular complexity index is 440. The van der Waals surface area contributed by atoms with E-state index in [9.17, 15) is 9.59 Å². The number of likely N-dealkylation sites (tertiary alicyclic amines) is 1. The summed E-state index contributed by atoms with van der Waals surface area (Å²) in [6.45, 7) is 2.98. The second kappa shape index (κ2) is 5.73. The van der Waals surface area contributed by atoms with Gasteiger partial charge in [0.25, 0.3) is 0 Å². The van der Waals surface area contributed by atoms with Crippen LogP contribution >= 0.6 is 0 Å². The van der Waals surface area contributed by atoms with E-state index in [0.717, 1.165) is 12.2 Å². The van der Waals surface area contributed by atoms with Crippen molar-refractivity contribution in [3.63, 3.8) is 0 Å². The number of carbonyl (C=O) groups excluding carboxylic acids is 1. The number of carbonyl (C=O) groups is 2. The van der Waals surface area contributed by atoms with Crippen LogP contribution in [0.3, 0.4) is 0 Å². The minimum absolute atomic E-state index is 0.0759. The van der Waals surface area contributed by atoms with Crippen molar-refractivity contribution in [2.75, 3.05) is 13.1 Å². The molecular weight excluding hydrogens is 248 g/mol. The van der Waals surface area contributed by atoms with E-state index in [2.05, 4.69) is 15.3 Å². The van der Waals surface area contributed by atoms with E-state index in [1.54, 1.807) is 17.3 Å². The van der Waals surface area contributed by atoms with Crippen molar-refractivity contribution in [3.8, 4) is 0 Å². The zero-order chi connectivity index (χ0) is 13.8. The minimum atomic E-state index is -0.813. The molecule has 2 amide bonds. The van der Waals surface area contributed by atoms with Crippen molar-refractivity contribution in [2.24, 2.45) is 5.92 Å². The number of carboxylic acid groups (broad SMARTS) is 1. The molecule has 0 aromatic carbocycles. The Morgan fingerprint density at radius 1 is 1.63 bits per heavy atom. The molecular formula is C12H18N4O3. The van der Waals surface area contributed by atoms with Gasteiger partial charge in [0.15, 0.2) is 0 Å². The molecule has 1 aromatic heterocycles. The Hall–Kier alpha value is -2.05. The van der Waals surface area contributed by atoms with Gasteiger partial charge in [-0.1, -0.05) is 6.92 Å². The zero-order valence-electron chi connectivity index (χ0n) is 10.8. The number of H-pyrrole nitrogens is 1. The first-order chi connectivity index (χ1) is 9.10. The van der Waals surface area contributed by atoms with Crippen molar-refractivity contribution in [2.45, 2.75) is 25.8 Å². The number of hydrogen-bond donors (Lipinski definition) is 3. The predicted molar refractivity (Wildman–Crippen MR) is 67.5 cm³/mol. The SMILES string of the molecule is CCC(NC(=O)N1CC(CC(=O)O)C1)c1ncc[nH]1. The number of nitrogens with one attached hydrogen (secondary N) is 2. The van der Waals surface area contributed by atoms with Gasteiger partial charge >= 0.3 is 12.0 Å². The van der Waals surface area contributed by atoms with Gasteiger partial charge in [0.05, 0.1) is 12.5 Å². The summed E-state index contributed by atoms with van der Waals surface area (Å²) in [6.07, 6.45) is 4.23. The number of amides is 2. The third-order valence-corrected chi connectivity index (χ3v) is 3.26. The van der Waals surface area contributed by atoms with Crippen LogP contribution in [0.25, 0.3) is 0 Å². The van der Waals surface area contributed by atoms with Crippen molar-refractivity contribution >= 4 is 12.0 Å². The second-order valence-electron chi connectivity index (χ2n) is 4.75. The van der Waals surface area contributed by atoms with Crippen LogP contribution in [0.15, 0.2) is 12.4 Å². The highest BCUT2D eigenvalue weighted by molar-refractivity contribution is 5.76. The molecule has 1 atom stereocenters. The average Bonchev–Trinajstić information content (AvgIpc) is 2.83. The van der Waals surface area contributed by atoms with Crippen LogP contribution in [-0.4, -0.2) is 45.1 Å². The maximum absolute atomic E-state index is 11.9. The number of carboxylic acids is 1. The van der Waals surface area contributed by atoms with E-state index in [-0.39, 0.29) is 24.4 Å². The van der Waals surface area contributed by atoms with Crippen LogP contribution in [-0.2, 0) is 4.79 Å². The zero-order valence-corrected chi connectivity index (χ0v) is 10.8. The number of rotatable bonds is 5. The summed E-state index contributed by atoms with van der Waals surface area (Å²) in [5, 5.41) is 11.5. The molecule has 104 valence electrons. The van der Waals surface area contributed by atoms with Crippen molar-refractivity contribution in [3.05, 3.63) is 18.2 Å². The van der Waals surface area contributed by atoms with E-state index in [4.69, 9.17) is 5.11 Å². The molecule has 0 aliphatic carbocycles. The summed E-state index contributed by atoms with van der Waals surface area (Å²) in [7, 11) is 0. The van der Waals surface area contributed by atoms with Crippen LogP contribution in [0.2, 0.25) is 0 Å². The highest BCUT2D eigenvalue weighted by Gasteiger charge is 2.33. The molecule has 0 spiro atoms. The minimum Gasteiger partial charge on any atom is -0.481 e. The molecule has 19 heavy (non-hydrogen) atoms. The first-order valence-electron chi connectivity index (χ1n) is 6.36. The third kappa shape index (κ3) is 3.24. The molecule has 0 bridgehead atoms. The lowest BCUT2D eigenvalue weighted by atomic mass is 9.97. The number of hydrogen-bond acceptors (Lipinski definition) is 3. The highest BCUT2D eigenvalue weighted by atomic mass is 16.4. The van der Waals surface area contributed by atoms with Gasteiger partial charge in [-0.3, -0.25) is 4.79 Å². The Morgan fingerprint density at radius 3 is 2.89 bits per heavy atom. The molecule has 3 N–H and O–H groups in total.